The number of piperidine rings is 1. The zero-order valence-corrected chi connectivity index (χ0v) is 12.3. The van der Waals surface area contributed by atoms with Crippen LogP contribution >= 0.6 is 11.6 Å². The summed E-state index contributed by atoms with van der Waals surface area (Å²) in [7, 11) is 0. The first-order valence-corrected chi connectivity index (χ1v) is 7.16. The fourth-order valence-corrected chi connectivity index (χ4v) is 2.54. The minimum atomic E-state index is -0.244. The lowest BCUT2D eigenvalue weighted by molar-refractivity contribution is -0.132. The second-order valence-corrected chi connectivity index (χ2v) is 5.99. The van der Waals surface area contributed by atoms with Gasteiger partial charge in [0.1, 0.15) is 0 Å². The highest BCUT2D eigenvalue weighted by Crippen LogP contribution is 2.29. The Morgan fingerprint density at radius 1 is 1.32 bits per heavy atom. The molecule has 1 atom stereocenters. The molecular weight excluding hydrogens is 260 g/mol. The fraction of sp³-hybridized carbons (Fsp3) is 0.533. The van der Waals surface area contributed by atoms with Gasteiger partial charge in [-0.3, -0.25) is 4.79 Å². The van der Waals surface area contributed by atoms with Gasteiger partial charge >= 0.3 is 0 Å². The van der Waals surface area contributed by atoms with E-state index in [1.54, 1.807) is 0 Å². The zero-order chi connectivity index (χ0) is 13.9. The molecule has 0 spiro atoms. The van der Waals surface area contributed by atoms with E-state index in [1.165, 1.54) is 0 Å². The van der Waals surface area contributed by atoms with Crippen LogP contribution in [0.15, 0.2) is 24.3 Å². The van der Waals surface area contributed by atoms with Gasteiger partial charge in [0, 0.05) is 10.4 Å². The van der Waals surface area contributed by atoms with Gasteiger partial charge in [-0.2, -0.15) is 0 Å². The van der Waals surface area contributed by atoms with E-state index in [0.29, 0.717) is 5.02 Å². The average molecular weight is 281 g/mol. The Bertz CT molecular complexity index is 438. The van der Waals surface area contributed by atoms with Crippen LogP contribution in [0.2, 0.25) is 5.02 Å². The first-order chi connectivity index (χ1) is 9.01. The normalized spacial score (nSPS) is 19.7. The van der Waals surface area contributed by atoms with Gasteiger partial charge in [-0.15, -0.1) is 0 Å². The molecule has 3 nitrogen and oxygen atoms in total. The van der Waals surface area contributed by atoms with E-state index in [0.717, 1.165) is 31.5 Å². The van der Waals surface area contributed by atoms with Crippen LogP contribution in [0, 0.1) is 5.41 Å². The van der Waals surface area contributed by atoms with Crippen molar-refractivity contribution in [3.63, 3.8) is 0 Å². The van der Waals surface area contributed by atoms with E-state index in [1.807, 2.05) is 31.2 Å². The van der Waals surface area contributed by atoms with Crippen LogP contribution in [0.3, 0.4) is 0 Å². The summed E-state index contributed by atoms with van der Waals surface area (Å²) in [6.07, 6.45) is 1.79. The van der Waals surface area contributed by atoms with Crippen molar-refractivity contribution in [3.05, 3.63) is 34.9 Å². The Kier molecular flexibility index (Phi) is 4.48. The molecule has 0 aromatic heterocycles. The summed E-state index contributed by atoms with van der Waals surface area (Å²) >= 11 is 5.87. The second kappa shape index (κ2) is 5.93. The topological polar surface area (TPSA) is 41.1 Å². The van der Waals surface area contributed by atoms with E-state index in [-0.39, 0.29) is 17.4 Å². The van der Waals surface area contributed by atoms with Crippen molar-refractivity contribution in [2.45, 2.75) is 32.7 Å². The third-order valence-electron chi connectivity index (χ3n) is 3.97. The van der Waals surface area contributed by atoms with Crippen molar-refractivity contribution in [2.75, 3.05) is 13.1 Å². The van der Waals surface area contributed by atoms with Crippen LogP contribution in [0.5, 0.6) is 0 Å². The van der Waals surface area contributed by atoms with E-state index in [2.05, 4.69) is 17.6 Å². The van der Waals surface area contributed by atoms with Crippen molar-refractivity contribution in [1.82, 2.24) is 10.6 Å². The number of rotatable bonds is 3. The molecule has 1 aromatic rings. The summed E-state index contributed by atoms with van der Waals surface area (Å²) in [5.41, 5.74) is 0.835. The molecule has 104 valence electrons. The molecule has 1 saturated heterocycles. The van der Waals surface area contributed by atoms with Gasteiger partial charge < -0.3 is 10.6 Å². The summed E-state index contributed by atoms with van der Waals surface area (Å²) in [4.78, 5) is 12.4. The number of nitrogens with one attached hydrogen (secondary N) is 2. The smallest absolute Gasteiger partial charge is 0.226 e. The molecule has 0 bridgehead atoms. The molecule has 1 fully saturated rings. The standard InChI is InChI=1S/C15H21ClN2O/c1-11(12-3-5-13(16)6-4-12)18-14(19)15(2)7-9-17-10-8-15/h3-6,11,17H,7-10H2,1-2H3,(H,18,19). The van der Waals surface area contributed by atoms with Crippen molar-refractivity contribution in [3.8, 4) is 0 Å². The van der Waals surface area contributed by atoms with Crippen LogP contribution in [-0.2, 0) is 4.79 Å². The van der Waals surface area contributed by atoms with Crippen LogP contribution in [0.25, 0.3) is 0 Å². The van der Waals surface area contributed by atoms with E-state index < -0.39 is 0 Å². The summed E-state index contributed by atoms with van der Waals surface area (Å²) in [6.45, 7) is 5.89. The first kappa shape index (κ1) is 14.4. The second-order valence-electron chi connectivity index (χ2n) is 5.56. The predicted octanol–water partition coefficient (Wildman–Crippen LogP) is 2.91. The van der Waals surface area contributed by atoms with Gasteiger partial charge in [0.2, 0.25) is 5.91 Å². The highest BCUT2D eigenvalue weighted by atomic mass is 35.5. The van der Waals surface area contributed by atoms with Gasteiger partial charge in [0.15, 0.2) is 0 Å². The molecule has 1 aromatic carbocycles. The van der Waals surface area contributed by atoms with E-state index in [9.17, 15) is 4.79 Å². The van der Waals surface area contributed by atoms with Crippen molar-refractivity contribution < 1.29 is 4.79 Å². The SMILES string of the molecule is CC(NC(=O)C1(C)CCNCC1)c1ccc(Cl)cc1. The maximum absolute atomic E-state index is 12.4. The zero-order valence-electron chi connectivity index (χ0n) is 11.5. The molecule has 0 radical (unpaired) electrons. The Morgan fingerprint density at radius 3 is 2.47 bits per heavy atom. The lowest BCUT2D eigenvalue weighted by Crippen LogP contribution is -2.46. The van der Waals surface area contributed by atoms with Crippen molar-refractivity contribution in [1.29, 1.82) is 0 Å². The monoisotopic (exact) mass is 280 g/mol. The number of hydrogen-bond donors (Lipinski definition) is 2. The quantitative estimate of drug-likeness (QED) is 0.894. The molecular formula is C15H21ClN2O. The van der Waals surface area contributed by atoms with Gasteiger partial charge in [-0.1, -0.05) is 30.7 Å². The summed E-state index contributed by atoms with van der Waals surface area (Å²) in [5.74, 6) is 0.149. The molecule has 1 unspecified atom stereocenters. The van der Waals surface area contributed by atoms with Crippen LogP contribution in [0.4, 0.5) is 0 Å². The molecule has 19 heavy (non-hydrogen) atoms. The Labute approximate surface area is 119 Å². The lowest BCUT2D eigenvalue weighted by atomic mass is 9.80. The summed E-state index contributed by atoms with van der Waals surface area (Å²) in [6, 6.07) is 7.63. The molecule has 4 heteroatoms. The molecule has 1 aliphatic heterocycles. The van der Waals surface area contributed by atoms with Crippen molar-refractivity contribution >= 4 is 17.5 Å². The summed E-state index contributed by atoms with van der Waals surface area (Å²) < 4.78 is 0. The highest BCUT2D eigenvalue weighted by molar-refractivity contribution is 6.30. The molecule has 0 aliphatic carbocycles. The predicted molar refractivity (Wildman–Crippen MR) is 78.2 cm³/mol. The Hall–Kier alpha value is -1.06. The van der Waals surface area contributed by atoms with Crippen LogP contribution in [0.1, 0.15) is 38.3 Å². The molecule has 1 amide bonds. The number of amides is 1. The van der Waals surface area contributed by atoms with Crippen molar-refractivity contribution in [2.24, 2.45) is 5.41 Å². The molecule has 2 rings (SSSR count). The van der Waals surface area contributed by atoms with Crippen LogP contribution < -0.4 is 10.6 Å². The minimum Gasteiger partial charge on any atom is -0.349 e. The fourth-order valence-electron chi connectivity index (χ4n) is 2.41. The number of benzene rings is 1. The number of hydrogen-bond acceptors (Lipinski definition) is 2. The van der Waals surface area contributed by atoms with Gasteiger partial charge in [0.25, 0.3) is 0 Å². The largest absolute Gasteiger partial charge is 0.349 e. The molecule has 1 aliphatic rings. The maximum Gasteiger partial charge on any atom is 0.226 e. The van der Waals surface area contributed by atoms with Crippen LogP contribution in [-0.4, -0.2) is 19.0 Å². The Morgan fingerprint density at radius 2 is 1.89 bits per heavy atom. The lowest BCUT2D eigenvalue weighted by Gasteiger charge is -2.33. The number of carbonyl (C=O) groups is 1. The van der Waals surface area contributed by atoms with E-state index >= 15 is 0 Å². The maximum atomic E-state index is 12.4. The third-order valence-corrected chi connectivity index (χ3v) is 4.22. The van der Waals surface area contributed by atoms with E-state index in [4.69, 9.17) is 11.6 Å². The van der Waals surface area contributed by atoms with Gasteiger partial charge in [-0.05, 0) is 50.6 Å². The summed E-state index contributed by atoms with van der Waals surface area (Å²) in [5, 5.41) is 7.12. The molecule has 1 heterocycles. The minimum absolute atomic E-state index is 0.0106. The highest BCUT2D eigenvalue weighted by Gasteiger charge is 2.35. The molecule has 2 N–H and O–H groups in total. The van der Waals surface area contributed by atoms with Gasteiger partial charge in [0.05, 0.1) is 6.04 Å². The number of halogens is 1. The third kappa shape index (κ3) is 3.48. The average Bonchev–Trinajstić information content (AvgIpc) is 2.40. The number of carbonyl (C=O) groups excluding carboxylic acids is 1. The molecule has 0 saturated carbocycles. The Balaban J connectivity index is 2.00. The first-order valence-electron chi connectivity index (χ1n) is 6.78. The van der Waals surface area contributed by atoms with Gasteiger partial charge in [-0.25, -0.2) is 0 Å².